The van der Waals surface area contributed by atoms with Crippen molar-refractivity contribution in [3.05, 3.63) is 50.3 Å². The number of fused-ring (bicyclic) bond motifs is 1. The molecule has 24 heavy (non-hydrogen) atoms. The lowest BCUT2D eigenvalue weighted by molar-refractivity contribution is 0.800. The van der Waals surface area contributed by atoms with Crippen molar-refractivity contribution in [3.63, 3.8) is 0 Å². The van der Waals surface area contributed by atoms with Crippen LogP contribution in [0.5, 0.6) is 0 Å². The molecule has 0 unspecified atom stereocenters. The average molecular weight is 407 g/mol. The summed E-state index contributed by atoms with van der Waals surface area (Å²) in [6, 6.07) is 3.97. The van der Waals surface area contributed by atoms with E-state index in [1.54, 1.807) is 18.4 Å². The summed E-state index contributed by atoms with van der Waals surface area (Å²) in [5, 5.41) is 7.70. The first-order valence-corrected chi connectivity index (χ1v) is 9.16. The summed E-state index contributed by atoms with van der Waals surface area (Å²) >= 11 is 5.18. The molecule has 0 saturated heterocycles. The molecule has 0 aliphatic carbocycles. The Hall–Kier alpha value is -1.93. The van der Waals surface area contributed by atoms with Crippen LogP contribution in [0.4, 0.5) is 0 Å². The summed E-state index contributed by atoms with van der Waals surface area (Å²) in [4.78, 5) is 14.5. The predicted molar refractivity (Wildman–Crippen MR) is 102 cm³/mol. The Balaban J connectivity index is 1.59. The van der Waals surface area contributed by atoms with Gasteiger partial charge in [-0.3, -0.25) is 4.99 Å². The molecule has 0 spiro atoms. The van der Waals surface area contributed by atoms with Crippen LogP contribution in [0, 0.1) is 13.8 Å². The van der Waals surface area contributed by atoms with Crippen LogP contribution in [0.3, 0.4) is 0 Å². The molecule has 0 amide bonds. The summed E-state index contributed by atoms with van der Waals surface area (Å²) in [6.45, 7) is 5.39. The number of halogens is 1. The Bertz CT molecular complexity index is 882. The summed E-state index contributed by atoms with van der Waals surface area (Å²) in [6.07, 6.45) is 4.00. The van der Waals surface area contributed by atoms with E-state index in [1.165, 1.54) is 4.88 Å². The lowest BCUT2D eigenvalue weighted by Gasteiger charge is -2.10. The van der Waals surface area contributed by atoms with Crippen molar-refractivity contribution in [2.24, 2.45) is 4.99 Å². The van der Waals surface area contributed by atoms with Crippen LogP contribution < -0.4 is 10.6 Å². The quantitative estimate of drug-likeness (QED) is 0.516. The summed E-state index contributed by atoms with van der Waals surface area (Å²) in [5.41, 5.74) is 2.96. The second-order valence-corrected chi connectivity index (χ2v) is 7.57. The highest BCUT2D eigenvalue weighted by atomic mass is 79.9. The number of rotatable bonds is 4. The molecule has 0 saturated carbocycles. The van der Waals surface area contributed by atoms with Crippen LogP contribution in [0.1, 0.15) is 21.3 Å². The Kier molecular flexibility index (Phi) is 5.15. The van der Waals surface area contributed by atoms with E-state index in [2.05, 4.69) is 41.5 Å². The van der Waals surface area contributed by atoms with Crippen molar-refractivity contribution in [2.75, 3.05) is 7.05 Å². The summed E-state index contributed by atoms with van der Waals surface area (Å²) < 4.78 is 3.03. The first kappa shape index (κ1) is 16.9. The fourth-order valence-corrected chi connectivity index (χ4v) is 3.63. The molecule has 3 aromatic heterocycles. The molecule has 6 nitrogen and oxygen atoms in total. The second-order valence-electron chi connectivity index (χ2n) is 5.37. The van der Waals surface area contributed by atoms with Gasteiger partial charge in [0.15, 0.2) is 5.96 Å². The molecule has 0 atom stereocenters. The number of guanidine groups is 1. The van der Waals surface area contributed by atoms with Gasteiger partial charge in [-0.15, -0.1) is 11.3 Å². The minimum absolute atomic E-state index is 0.611. The largest absolute Gasteiger partial charge is 0.351 e. The normalized spacial score (nSPS) is 11.9. The average Bonchev–Trinajstić information content (AvgIpc) is 3.09. The number of imidazole rings is 1. The molecular weight excluding hydrogens is 388 g/mol. The fraction of sp³-hybridized carbons (Fsp3) is 0.312. The van der Waals surface area contributed by atoms with Crippen LogP contribution in [0.2, 0.25) is 0 Å². The molecule has 0 aliphatic rings. The van der Waals surface area contributed by atoms with Gasteiger partial charge in [-0.1, -0.05) is 0 Å². The molecule has 0 radical (unpaired) electrons. The van der Waals surface area contributed by atoms with Gasteiger partial charge in [-0.05, 0) is 41.9 Å². The van der Waals surface area contributed by atoms with E-state index in [4.69, 9.17) is 0 Å². The monoisotopic (exact) mass is 406 g/mol. The number of nitrogens with one attached hydrogen (secondary N) is 2. The minimum atomic E-state index is 0.611. The van der Waals surface area contributed by atoms with Crippen LogP contribution >= 0.6 is 27.3 Å². The van der Waals surface area contributed by atoms with Gasteiger partial charge in [0.2, 0.25) is 0 Å². The Labute approximate surface area is 153 Å². The molecule has 0 aromatic carbocycles. The molecule has 0 fully saturated rings. The highest BCUT2D eigenvalue weighted by Crippen LogP contribution is 2.16. The Morgan fingerprint density at radius 2 is 2.00 bits per heavy atom. The fourth-order valence-electron chi connectivity index (χ4n) is 2.40. The zero-order valence-electron chi connectivity index (χ0n) is 13.8. The van der Waals surface area contributed by atoms with E-state index in [9.17, 15) is 0 Å². The lowest BCUT2D eigenvalue weighted by Crippen LogP contribution is -2.36. The first-order chi connectivity index (χ1) is 11.5. The smallest absolute Gasteiger partial charge is 0.191 e. The molecule has 2 N–H and O–H groups in total. The van der Waals surface area contributed by atoms with Crippen LogP contribution in [-0.2, 0) is 13.1 Å². The summed E-state index contributed by atoms with van der Waals surface area (Å²) in [7, 11) is 1.76. The molecular formula is C16H19BrN6S. The molecule has 3 heterocycles. The van der Waals surface area contributed by atoms with E-state index in [0.717, 1.165) is 39.0 Å². The van der Waals surface area contributed by atoms with Crippen molar-refractivity contribution < 1.29 is 0 Å². The second kappa shape index (κ2) is 7.31. The van der Waals surface area contributed by atoms with E-state index >= 15 is 0 Å². The van der Waals surface area contributed by atoms with Crippen molar-refractivity contribution in [3.8, 4) is 0 Å². The van der Waals surface area contributed by atoms with E-state index in [1.807, 2.05) is 42.8 Å². The number of nitrogens with zero attached hydrogens (tertiary/aromatic N) is 4. The van der Waals surface area contributed by atoms with E-state index in [0.29, 0.717) is 6.54 Å². The van der Waals surface area contributed by atoms with Gasteiger partial charge < -0.3 is 15.0 Å². The third-order valence-corrected chi connectivity index (χ3v) is 5.08. The number of thiazole rings is 1. The minimum Gasteiger partial charge on any atom is -0.351 e. The number of pyridine rings is 1. The molecule has 8 heteroatoms. The van der Waals surface area contributed by atoms with Crippen molar-refractivity contribution in [1.29, 1.82) is 0 Å². The Morgan fingerprint density at radius 3 is 2.71 bits per heavy atom. The van der Waals surface area contributed by atoms with Gasteiger partial charge in [0.25, 0.3) is 0 Å². The molecule has 3 rings (SSSR count). The molecule has 3 aromatic rings. The first-order valence-electron chi connectivity index (χ1n) is 7.55. The zero-order chi connectivity index (χ0) is 17.1. The van der Waals surface area contributed by atoms with E-state index < -0.39 is 0 Å². The standard InChI is InChI=1S/C16H19BrN6S/c1-10-14(24-11(2)21-10)7-20-16(18-3)19-6-13-9-23-8-12(17)4-5-15(23)22-13/h4-5,8-9H,6-7H2,1-3H3,(H2,18,19,20). The number of hydrogen-bond acceptors (Lipinski definition) is 4. The van der Waals surface area contributed by atoms with Gasteiger partial charge in [0.1, 0.15) is 5.65 Å². The topological polar surface area (TPSA) is 66.6 Å². The van der Waals surface area contributed by atoms with Crippen LogP contribution in [0.25, 0.3) is 5.65 Å². The van der Waals surface area contributed by atoms with Crippen LogP contribution in [0.15, 0.2) is 34.0 Å². The molecule has 0 bridgehead atoms. The summed E-state index contributed by atoms with van der Waals surface area (Å²) in [5.74, 6) is 0.749. The SMILES string of the molecule is CN=C(NCc1cn2cc(Br)ccc2n1)NCc1sc(C)nc1C. The zero-order valence-corrected chi connectivity index (χ0v) is 16.2. The van der Waals surface area contributed by atoms with Crippen molar-refractivity contribution in [1.82, 2.24) is 25.0 Å². The Morgan fingerprint density at radius 1 is 1.21 bits per heavy atom. The van der Waals surface area contributed by atoms with Crippen LogP contribution in [-0.4, -0.2) is 27.4 Å². The third kappa shape index (κ3) is 3.93. The number of aryl methyl sites for hydroxylation is 2. The highest BCUT2D eigenvalue weighted by molar-refractivity contribution is 9.10. The maximum atomic E-state index is 4.58. The van der Waals surface area contributed by atoms with Gasteiger partial charge >= 0.3 is 0 Å². The molecule has 0 aliphatic heterocycles. The number of aromatic nitrogens is 3. The van der Waals surface area contributed by atoms with Gasteiger partial charge in [0.05, 0.1) is 29.5 Å². The van der Waals surface area contributed by atoms with Gasteiger partial charge in [0, 0.05) is 28.8 Å². The maximum absolute atomic E-state index is 4.58. The van der Waals surface area contributed by atoms with E-state index in [-0.39, 0.29) is 0 Å². The number of hydrogen-bond donors (Lipinski definition) is 2. The predicted octanol–water partition coefficient (Wildman–Crippen LogP) is 3.04. The highest BCUT2D eigenvalue weighted by Gasteiger charge is 2.07. The van der Waals surface area contributed by atoms with Crippen molar-refractivity contribution in [2.45, 2.75) is 26.9 Å². The van der Waals surface area contributed by atoms with Gasteiger partial charge in [-0.25, -0.2) is 9.97 Å². The van der Waals surface area contributed by atoms with Gasteiger partial charge in [-0.2, -0.15) is 0 Å². The maximum Gasteiger partial charge on any atom is 0.191 e. The lowest BCUT2D eigenvalue weighted by atomic mass is 10.4. The third-order valence-electron chi connectivity index (χ3n) is 3.54. The molecule has 126 valence electrons. The number of aliphatic imine (C=N–C) groups is 1. The van der Waals surface area contributed by atoms with Crippen molar-refractivity contribution >= 4 is 38.9 Å².